The molecular formula is C14H9F3N2O2. The monoisotopic (exact) mass is 294 g/mol. The first-order valence-corrected chi connectivity index (χ1v) is 5.73. The van der Waals surface area contributed by atoms with Gasteiger partial charge in [0.1, 0.15) is 12.1 Å². The van der Waals surface area contributed by atoms with Crippen molar-refractivity contribution in [1.82, 2.24) is 9.97 Å². The van der Waals surface area contributed by atoms with Crippen LogP contribution in [-0.4, -0.2) is 16.6 Å². The second-order valence-electron chi connectivity index (χ2n) is 3.78. The van der Waals surface area contributed by atoms with E-state index in [1.807, 2.05) is 0 Å². The van der Waals surface area contributed by atoms with Gasteiger partial charge in [-0.3, -0.25) is 0 Å². The molecule has 0 spiro atoms. The third kappa shape index (κ3) is 3.86. The summed E-state index contributed by atoms with van der Waals surface area (Å²) in [5, 5.41) is 0. The number of halogens is 3. The molecule has 1 aromatic carbocycles. The maximum atomic E-state index is 12.8. The molecule has 0 aliphatic carbocycles. The van der Waals surface area contributed by atoms with Gasteiger partial charge in [-0.15, -0.1) is 6.42 Å². The van der Waals surface area contributed by atoms with E-state index in [-0.39, 0.29) is 24.1 Å². The van der Waals surface area contributed by atoms with Crippen LogP contribution in [0, 0.1) is 12.3 Å². The van der Waals surface area contributed by atoms with E-state index in [0.717, 1.165) is 12.4 Å². The van der Waals surface area contributed by atoms with Crippen LogP contribution in [0.15, 0.2) is 36.7 Å². The van der Waals surface area contributed by atoms with Crippen molar-refractivity contribution >= 4 is 0 Å². The fraction of sp³-hybridized carbons (Fsp3) is 0.143. The van der Waals surface area contributed by atoms with Gasteiger partial charge < -0.3 is 9.47 Å². The minimum atomic E-state index is -4.52. The molecule has 108 valence electrons. The topological polar surface area (TPSA) is 44.2 Å². The smallest absolute Gasteiger partial charge is 0.419 e. The van der Waals surface area contributed by atoms with Crippen molar-refractivity contribution in [3.8, 4) is 29.9 Å². The van der Waals surface area contributed by atoms with Gasteiger partial charge in [0, 0.05) is 0 Å². The Balaban J connectivity index is 2.25. The van der Waals surface area contributed by atoms with Crippen LogP contribution in [0.2, 0.25) is 0 Å². The van der Waals surface area contributed by atoms with Gasteiger partial charge in [-0.2, -0.15) is 13.2 Å². The standard InChI is InChI=1S/C14H9F3N2O2/c1-2-7-20-12-8-13(19-9-18-12)21-11-6-4-3-5-10(11)14(15,16)17/h1,3-6,8-9H,7H2. The van der Waals surface area contributed by atoms with E-state index < -0.39 is 11.7 Å². The third-order valence-corrected chi connectivity index (χ3v) is 2.33. The van der Waals surface area contributed by atoms with Gasteiger partial charge in [0.25, 0.3) is 0 Å². The lowest BCUT2D eigenvalue weighted by atomic mass is 10.2. The average Bonchev–Trinajstić information content (AvgIpc) is 2.45. The maximum Gasteiger partial charge on any atom is 0.419 e. The predicted octanol–water partition coefficient (Wildman–Crippen LogP) is 3.30. The second kappa shape index (κ2) is 6.13. The quantitative estimate of drug-likeness (QED) is 0.812. The highest BCUT2D eigenvalue weighted by Gasteiger charge is 2.34. The largest absolute Gasteiger partial charge is 0.464 e. The van der Waals surface area contributed by atoms with Crippen molar-refractivity contribution in [2.24, 2.45) is 0 Å². The molecule has 1 heterocycles. The second-order valence-corrected chi connectivity index (χ2v) is 3.78. The van der Waals surface area contributed by atoms with Gasteiger partial charge in [-0.05, 0) is 12.1 Å². The summed E-state index contributed by atoms with van der Waals surface area (Å²) in [7, 11) is 0. The molecule has 2 aromatic rings. The van der Waals surface area contributed by atoms with E-state index in [1.165, 1.54) is 24.3 Å². The first kappa shape index (κ1) is 14.7. The van der Waals surface area contributed by atoms with Crippen molar-refractivity contribution < 1.29 is 22.6 Å². The predicted molar refractivity (Wildman–Crippen MR) is 67.9 cm³/mol. The van der Waals surface area contributed by atoms with Gasteiger partial charge >= 0.3 is 6.18 Å². The summed E-state index contributed by atoms with van der Waals surface area (Å²) in [5.74, 6) is 1.93. The number of para-hydroxylation sites is 1. The maximum absolute atomic E-state index is 12.8. The highest BCUT2D eigenvalue weighted by atomic mass is 19.4. The zero-order valence-corrected chi connectivity index (χ0v) is 10.6. The SMILES string of the molecule is C#CCOc1cc(Oc2ccccc2C(F)(F)F)ncn1. The Morgan fingerprint density at radius 1 is 1.14 bits per heavy atom. The molecule has 0 aliphatic heterocycles. The normalized spacial score (nSPS) is 10.8. The molecule has 0 bridgehead atoms. The molecule has 21 heavy (non-hydrogen) atoms. The minimum absolute atomic E-state index is 0.0183. The van der Waals surface area contributed by atoms with Crippen molar-refractivity contribution in [2.45, 2.75) is 6.18 Å². The minimum Gasteiger partial charge on any atom is -0.464 e. The highest BCUT2D eigenvalue weighted by Crippen LogP contribution is 2.37. The zero-order valence-electron chi connectivity index (χ0n) is 10.6. The van der Waals surface area contributed by atoms with Crippen molar-refractivity contribution in [3.05, 3.63) is 42.2 Å². The number of terminal acetylenes is 1. The molecule has 0 saturated heterocycles. The molecule has 7 heteroatoms. The molecule has 0 saturated carbocycles. The lowest BCUT2D eigenvalue weighted by Gasteiger charge is -2.12. The fourth-order valence-corrected chi connectivity index (χ4v) is 1.48. The Morgan fingerprint density at radius 2 is 1.86 bits per heavy atom. The van der Waals surface area contributed by atoms with Gasteiger partial charge in [0.05, 0.1) is 11.6 Å². The molecule has 1 aromatic heterocycles. The van der Waals surface area contributed by atoms with E-state index in [2.05, 4.69) is 15.9 Å². The molecule has 0 atom stereocenters. The van der Waals surface area contributed by atoms with E-state index >= 15 is 0 Å². The van der Waals surface area contributed by atoms with Crippen LogP contribution in [0.4, 0.5) is 13.2 Å². The van der Waals surface area contributed by atoms with E-state index in [9.17, 15) is 13.2 Å². The number of nitrogens with zero attached hydrogens (tertiary/aromatic N) is 2. The van der Waals surface area contributed by atoms with Crippen molar-refractivity contribution in [2.75, 3.05) is 6.61 Å². The molecule has 0 unspecified atom stereocenters. The van der Waals surface area contributed by atoms with E-state index in [1.54, 1.807) is 0 Å². The van der Waals surface area contributed by atoms with Gasteiger partial charge in [0.2, 0.25) is 11.8 Å². The van der Waals surface area contributed by atoms with Crippen LogP contribution in [0.25, 0.3) is 0 Å². The Labute approximate surface area is 118 Å². The summed E-state index contributed by atoms with van der Waals surface area (Å²) in [5.41, 5.74) is -0.894. The number of hydrogen-bond acceptors (Lipinski definition) is 4. The molecule has 0 fully saturated rings. The van der Waals surface area contributed by atoms with Crippen LogP contribution >= 0.6 is 0 Å². The number of ether oxygens (including phenoxy) is 2. The number of alkyl halides is 3. The summed E-state index contributed by atoms with van der Waals surface area (Å²) >= 11 is 0. The molecule has 0 aliphatic rings. The third-order valence-electron chi connectivity index (χ3n) is 2.33. The molecule has 4 nitrogen and oxygen atoms in total. The van der Waals surface area contributed by atoms with Gasteiger partial charge in [-0.25, -0.2) is 9.97 Å². The first-order valence-electron chi connectivity index (χ1n) is 5.73. The Kier molecular flexibility index (Phi) is 4.28. The van der Waals surface area contributed by atoms with Crippen LogP contribution < -0.4 is 9.47 Å². The molecular weight excluding hydrogens is 285 g/mol. The van der Waals surface area contributed by atoms with Crippen LogP contribution in [0.1, 0.15) is 5.56 Å². The van der Waals surface area contributed by atoms with Crippen molar-refractivity contribution in [1.29, 1.82) is 0 Å². The highest BCUT2D eigenvalue weighted by molar-refractivity contribution is 5.38. The summed E-state index contributed by atoms with van der Waals surface area (Å²) in [4.78, 5) is 7.49. The van der Waals surface area contributed by atoms with Crippen LogP contribution in [0.3, 0.4) is 0 Å². The first-order chi connectivity index (χ1) is 10.0. The molecule has 0 N–H and O–H groups in total. The Bertz CT molecular complexity index is 666. The van der Waals surface area contributed by atoms with Crippen LogP contribution in [-0.2, 0) is 6.18 Å². The van der Waals surface area contributed by atoms with Crippen LogP contribution in [0.5, 0.6) is 17.5 Å². The summed E-state index contributed by atoms with van der Waals surface area (Å²) < 4.78 is 48.7. The summed E-state index contributed by atoms with van der Waals surface area (Å²) in [6.45, 7) is -0.0183. The van der Waals surface area contributed by atoms with E-state index in [0.29, 0.717) is 0 Å². The zero-order chi connectivity index (χ0) is 15.3. The molecule has 0 amide bonds. The van der Waals surface area contributed by atoms with E-state index in [4.69, 9.17) is 15.9 Å². The number of rotatable bonds is 4. The Hall–Kier alpha value is -2.75. The average molecular weight is 294 g/mol. The molecule has 0 radical (unpaired) electrons. The lowest BCUT2D eigenvalue weighted by Crippen LogP contribution is -2.07. The number of hydrogen-bond donors (Lipinski definition) is 0. The lowest BCUT2D eigenvalue weighted by molar-refractivity contribution is -0.138. The summed E-state index contributed by atoms with van der Waals surface area (Å²) in [6.07, 6.45) is 1.62. The summed E-state index contributed by atoms with van der Waals surface area (Å²) in [6, 6.07) is 6.09. The van der Waals surface area contributed by atoms with Gasteiger partial charge in [0.15, 0.2) is 6.61 Å². The van der Waals surface area contributed by atoms with Gasteiger partial charge in [-0.1, -0.05) is 18.1 Å². The molecule has 2 rings (SSSR count). The Morgan fingerprint density at radius 3 is 2.57 bits per heavy atom. The fourth-order valence-electron chi connectivity index (χ4n) is 1.48. The number of aromatic nitrogens is 2. The number of benzene rings is 1. The van der Waals surface area contributed by atoms with Crippen molar-refractivity contribution in [3.63, 3.8) is 0 Å².